The topological polar surface area (TPSA) is 159 Å². The van der Waals surface area contributed by atoms with Crippen molar-refractivity contribution in [3.8, 4) is 5.75 Å². The van der Waals surface area contributed by atoms with Gasteiger partial charge in [0.2, 0.25) is 5.90 Å². The predicted molar refractivity (Wildman–Crippen MR) is 202 cm³/mol. The number of aldehydes is 1. The van der Waals surface area contributed by atoms with Crippen LogP contribution in [0.25, 0.3) is 0 Å². The first-order valence-electron chi connectivity index (χ1n) is 17.7. The molecule has 2 heterocycles. The summed E-state index contributed by atoms with van der Waals surface area (Å²) in [7, 11) is -1.07. The molecule has 1 unspecified atom stereocenters. The van der Waals surface area contributed by atoms with Crippen LogP contribution in [-0.2, 0) is 41.9 Å². The SMILES string of the molecule is CN/C=C(\C(=N)OC)C(=O)NS1(=O)=NC(=O)c2ccc3c(c2)N(Cc2ccc(Cl)cc2CCCCO3)C[C@@H]2CC[C@H]2C/C=C/[C@H](OCC=O)[C@H](C)C1. The summed E-state index contributed by atoms with van der Waals surface area (Å²) in [4.78, 5) is 41.1. The van der Waals surface area contributed by atoms with Crippen molar-refractivity contribution in [2.45, 2.75) is 58.1 Å². The number of nitrogens with zero attached hydrogens (tertiary/aromatic N) is 2. The van der Waals surface area contributed by atoms with Crippen molar-refractivity contribution in [3.63, 3.8) is 0 Å². The van der Waals surface area contributed by atoms with Gasteiger partial charge in [-0.2, -0.15) is 0 Å². The van der Waals surface area contributed by atoms with Gasteiger partial charge in [0.25, 0.3) is 11.8 Å². The molecule has 2 aliphatic heterocycles. The molecular weight excluding hydrogens is 706 g/mol. The van der Waals surface area contributed by atoms with Crippen LogP contribution < -0.4 is 19.7 Å². The Bertz CT molecular complexity index is 1840. The van der Waals surface area contributed by atoms with Gasteiger partial charge in [-0.3, -0.25) is 19.7 Å². The van der Waals surface area contributed by atoms with E-state index in [0.29, 0.717) is 48.6 Å². The summed E-state index contributed by atoms with van der Waals surface area (Å²) in [6, 6.07) is 11.1. The number of nitrogens with one attached hydrogen (secondary N) is 3. The fourth-order valence-corrected chi connectivity index (χ4v) is 8.97. The number of halogens is 1. The van der Waals surface area contributed by atoms with E-state index < -0.39 is 39.6 Å². The first-order chi connectivity index (χ1) is 25.0. The quantitative estimate of drug-likeness (QED) is 0.107. The number of amides is 2. The first kappa shape index (κ1) is 39.0. The summed E-state index contributed by atoms with van der Waals surface area (Å²) in [6.07, 6.45) is 10.7. The third-order valence-corrected chi connectivity index (χ3v) is 12.0. The minimum atomic E-state index is -3.85. The molecule has 2 aromatic carbocycles. The van der Waals surface area contributed by atoms with Crippen LogP contribution in [0.15, 0.2) is 64.7 Å². The van der Waals surface area contributed by atoms with Crippen molar-refractivity contribution in [2.24, 2.45) is 22.1 Å². The molecule has 2 aromatic rings. The Morgan fingerprint density at radius 1 is 1.17 bits per heavy atom. The van der Waals surface area contributed by atoms with Crippen molar-refractivity contribution in [1.82, 2.24) is 10.0 Å². The standard InChI is InChI=1S/C38H48ClN5O7S/c1-25-24-52(48,43-38(47)32(21-41-2)36(40)49-3)42-37(46)28-13-15-35-33(20-28)44(22-29-11-10-26(29)8-6-9-34(25)51-18-16-45)23-30-12-14-31(39)19-27(30)7-4-5-17-50-35/h6,9,12-16,19-21,25-26,29,34,40-41H,4-5,7-8,10-11,17-18,22-24H2,1-3H3,(H,42,43,46,47,48)/b9-6+,32-21+,40-36?/t25-,26-,29+,34+,52?/m1/s1. The largest absolute Gasteiger partial charge is 0.491 e. The molecule has 12 nitrogen and oxygen atoms in total. The highest BCUT2D eigenvalue weighted by Gasteiger charge is 2.34. The summed E-state index contributed by atoms with van der Waals surface area (Å²) in [6.45, 7) is 3.35. The molecule has 1 fully saturated rings. The maximum Gasteiger partial charge on any atom is 0.286 e. The lowest BCUT2D eigenvalue weighted by Crippen LogP contribution is -2.40. The highest BCUT2D eigenvalue weighted by Crippen LogP contribution is 2.41. The number of allylic oxidation sites excluding steroid dienone is 1. The van der Waals surface area contributed by atoms with Gasteiger partial charge in [0, 0.05) is 42.8 Å². The number of rotatable bonds is 7. The molecule has 5 atom stereocenters. The van der Waals surface area contributed by atoms with E-state index in [1.165, 1.54) is 25.9 Å². The summed E-state index contributed by atoms with van der Waals surface area (Å²) in [5, 5.41) is 11.5. The zero-order valence-electron chi connectivity index (χ0n) is 29.9. The van der Waals surface area contributed by atoms with Crippen LogP contribution in [0, 0.1) is 23.2 Å². The van der Waals surface area contributed by atoms with E-state index in [1.807, 2.05) is 24.3 Å². The molecule has 0 aromatic heterocycles. The predicted octanol–water partition coefficient (Wildman–Crippen LogP) is 5.63. The van der Waals surface area contributed by atoms with E-state index >= 15 is 0 Å². The molecule has 14 heteroatoms. The number of fused-ring (bicyclic) bond motifs is 3. The normalized spacial score (nSPS) is 26.0. The lowest BCUT2D eigenvalue weighted by atomic mass is 9.71. The van der Waals surface area contributed by atoms with Crippen molar-refractivity contribution in [3.05, 3.63) is 82.0 Å². The Morgan fingerprint density at radius 2 is 1.98 bits per heavy atom. The van der Waals surface area contributed by atoms with Gasteiger partial charge >= 0.3 is 0 Å². The number of hydrogen-bond acceptors (Lipinski definition) is 10. The molecule has 5 rings (SSSR count). The number of ether oxygens (including phenoxy) is 3. The van der Waals surface area contributed by atoms with Crippen LogP contribution in [0.1, 0.15) is 60.5 Å². The van der Waals surface area contributed by atoms with E-state index in [-0.39, 0.29) is 23.5 Å². The number of aryl methyl sites for hydroxylation is 1. The minimum absolute atomic E-state index is 0.176. The second kappa shape index (κ2) is 18.0. The van der Waals surface area contributed by atoms with Crippen molar-refractivity contribution in [2.75, 3.05) is 44.6 Å². The summed E-state index contributed by atoms with van der Waals surface area (Å²) < 4.78 is 38.5. The van der Waals surface area contributed by atoms with Gasteiger partial charge in [-0.15, -0.1) is 4.36 Å². The summed E-state index contributed by atoms with van der Waals surface area (Å²) in [5.74, 6) is -1.59. The van der Waals surface area contributed by atoms with Gasteiger partial charge in [-0.05, 0) is 91.8 Å². The van der Waals surface area contributed by atoms with Crippen LogP contribution in [0.3, 0.4) is 0 Å². The molecule has 2 amide bonds. The van der Waals surface area contributed by atoms with E-state index in [4.69, 9.17) is 31.2 Å². The second-order valence-electron chi connectivity index (χ2n) is 13.5. The average Bonchev–Trinajstić information content (AvgIpc) is 3.13. The van der Waals surface area contributed by atoms with E-state index in [1.54, 1.807) is 25.1 Å². The average molecular weight is 754 g/mol. The van der Waals surface area contributed by atoms with Crippen LogP contribution in [0.2, 0.25) is 5.02 Å². The Hall–Kier alpha value is -4.20. The lowest BCUT2D eigenvalue weighted by Gasteiger charge is -2.41. The second-order valence-corrected chi connectivity index (χ2v) is 15.9. The van der Waals surface area contributed by atoms with Gasteiger partial charge in [0.05, 0.1) is 31.3 Å². The Labute approximate surface area is 311 Å². The zero-order chi connectivity index (χ0) is 37.3. The summed E-state index contributed by atoms with van der Waals surface area (Å²) >= 11 is 6.45. The Morgan fingerprint density at radius 3 is 2.71 bits per heavy atom. The number of hydrogen-bond donors (Lipinski definition) is 3. The molecule has 1 aliphatic carbocycles. The van der Waals surface area contributed by atoms with Crippen LogP contribution in [0.5, 0.6) is 5.75 Å². The Kier molecular flexibility index (Phi) is 13.5. The first-order valence-corrected chi connectivity index (χ1v) is 19.7. The number of benzene rings is 2. The fourth-order valence-electron chi connectivity index (χ4n) is 6.90. The zero-order valence-corrected chi connectivity index (χ0v) is 31.5. The molecule has 2 bridgehead atoms. The van der Waals surface area contributed by atoms with Gasteiger partial charge in [0.15, 0.2) is 0 Å². The molecule has 0 saturated heterocycles. The van der Waals surface area contributed by atoms with Gasteiger partial charge in [0.1, 0.15) is 34.1 Å². The highest BCUT2D eigenvalue weighted by atomic mass is 35.5. The molecule has 3 N–H and O–H groups in total. The van der Waals surface area contributed by atoms with Crippen molar-refractivity contribution >= 4 is 51.2 Å². The number of anilines is 1. The highest BCUT2D eigenvalue weighted by molar-refractivity contribution is 7.92. The van der Waals surface area contributed by atoms with Crippen LogP contribution in [0.4, 0.5) is 5.69 Å². The van der Waals surface area contributed by atoms with Crippen molar-refractivity contribution < 1.29 is 32.8 Å². The molecular formula is C38H48ClN5O7S. The third-order valence-electron chi connectivity index (χ3n) is 9.84. The van der Waals surface area contributed by atoms with E-state index in [0.717, 1.165) is 49.8 Å². The monoisotopic (exact) mass is 753 g/mol. The smallest absolute Gasteiger partial charge is 0.286 e. The van der Waals surface area contributed by atoms with Gasteiger partial charge < -0.3 is 29.2 Å². The minimum Gasteiger partial charge on any atom is -0.491 e. The molecule has 0 spiro atoms. The van der Waals surface area contributed by atoms with Gasteiger partial charge in [-0.25, -0.2) is 4.21 Å². The third kappa shape index (κ3) is 9.81. The molecule has 0 radical (unpaired) electrons. The number of methoxy groups -OCH3 is 1. The van der Waals surface area contributed by atoms with Crippen LogP contribution in [-0.4, -0.2) is 74.0 Å². The summed E-state index contributed by atoms with van der Waals surface area (Å²) in [5.41, 5.74) is 2.99. The van der Waals surface area contributed by atoms with Crippen molar-refractivity contribution in [1.29, 1.82) is 5.41 Å². The van der Waals surface area contributed by atoms with E-state index in [2.05, 4.69) is 25.4 Å². The maximum absolute atomic E-state index is 14.7. The van der Waals surface area contributed by atoms with E-state index in [9.17, 15) is 18.6 Å². The molecule has 3 aliphatic rings. The maximum atomic E-state index is 14.7. The number of carbonyl (C=O) groups excluding carboxylic acids is 3. The molecule has 1 saturated carbocycles. The number of carbonyl (C=O) groups is 3. The fraction of sp³-hybridized carbons (Fsp3) is 0.474. The molecule has 52 heavy (non-hydrogen) atoms. The van der Waals surface area contributed by atoms with Crippen LogP contribution >= 0.6 is 11.6 Å². The molecule has 280 valence electrons. The Balaban J connectivity index is 1.64. The lowest BCUT2D eigenvalue weighted by molar-refractivity contribution is -0.115. The van der Waals surface area contributed by atoms with Gasteiger partial charge in [-0.1, -0.05) is 36.7 Å².